The van der Waals surface area contributed by atoms with Gasteiger partial charge in [-0.3, -0.25) is 9.59 Å². The van der Waals surface area contributed by atoms with Crippen molar-refractivity contribution in [1.29, 1.82) is 5.26 Å². The minimum absolute atomic E-state index is 0.182. The largest absolute Gasteiger partial charge is 0.464 e. The van der Waals surface area contributed by atoms with Gasteiger partial charge in [0.05, 0.1) is 30.3 Å². The third-order valence-corrected chi connectivity index (χ3v) is 7.28. The fourth-order valence-electron chi connectivity index (χ4n) is 5.30. The van der Waals surface area contributed by atoms with Crippen LogP contribution in [0.1, 0.15) is 62.2 Å². The number of amides is 2. The number of furan rings is 1. The molecule has 0 aliphatic carbocycles. The highest BCUT2D eigenvalue weighted by molar-refractivity contribution is 6.02. The van der Waals surface area contributed by atoms with Crippen LogP contribution in [0, 0.1) is 18.3 Å². The van der Waals surface area contributed by atoms with Crippen LogP contribution in [0.2, 0.25) is 0 Å². The van der Waals surface area contributed by atoms with Gasteiger partial charge < -0.3 is 19.7 Å². The van der Waals surface area contributed by atoms with E-state index < -0.39 is 11.9 Å². The number of rotatable bonds is 8. The number of likely N-dealkylation sites (tertiary alicyclic amines) is 1. The smallest absolute Gasteiger partial charge is 0.254 e. The second kappa shape index (κ2) is 12.0. The highest BCUT2D eigenvalue weighted by Crippen LogP contribution is 2.35. The van der Waals surface area contributed by atoms with E-state index in [0.29, 0.717) is 35.2 Å². The second-order valence-electron chi connectivity index (χ2n) is 10.1. The van der Waals surface area contributed by atoms with Crippen LogP contribution in [-0.2, 0) is 6.42 Å². The number of aliphatic hydroxyl groups is 1. The summed E-state index contributed by atoms with van der Waals surface area (Å²) in [6, 6.07) is 27.1. The molecule has 2 heterocycles. The fourth-order valence-corrected chi connectivity index (χ4v) is 5.30. The van der Waals surface area contributed by atoms with E-state index in [1.54, 1.807) is 41.3 Å². The van der Waals surface area contributed by atoms with Gasteiger partial charge in [0.2, 0.25) is 0 Å². The molecule has 1 saturated heterocycles. The van der Waals surface area contributed by atoms with Crippen LogP contribution in [0.4, 0.5) is 0 Å². The van der Waals surface area contributed by atoms with Gasteiger partial charge in [0.1, 0.15) is 11.5 Å². The van der Waals surface area contributed by atoms with Crippen molar-refractivity contribution in [2.75, 3.05) is 13.2 Å². The van der Waals surface area contributed by atoms with Gasteiger partial charge >= 0.3 is 0 Å². The molecule has 1 aliphatic rings. The molecule has 2 atom stereocenters. The quantitative estimate of drug-likeness (QED) is 0.314. The van der Waals surface area contributed by atoms with E-state index in [-0.39, 0.29) is 24.1 Å². The molecular weight excluding hydrogens is 502 g/mol. The average Bonchev–Trinajstić information content (AvgIpc) is 3.65. The standard InChI is InChI=1S/C33H31N3O4/c1-22-13-14-31(40-22)30-12-7-15-36(30)33(39)27-18-25(29-11-6-5-10-24(29)20-34)17-26(19-27)32(38)35-28(21-37)16-23-8-3-2-4-9-23/h2-6,8-11,13-14,17-19,28,30,37H,7,12,15-16,21H2,1H3,(H,35,38)/t28-,30?/m0/s1. The minimum atomic E-state index is -0.505. The first-order valence-electron chi connectivity index (χ1n) is 13.4. The second-order valence-corrected chi connectivity index (χ2v) is 10.1. The van der Waals surface area contributed by atoms with Crippen molar-refractivity contribution < 1.29 is 19.1 Å². The van der Waals surface area contributed by atoms with Crippen molar-refractivity contribution in [2.45, 2.75) is 38.3 Å². The lowest BCUT2D eigenvalue weighted by Gasteiger charge is -2.24. The number of nitrogens with zero attached hydrogens (tertiary/aromatic N) is 2. The van der Waals surface area contributed by atoms with Crippen LogP contribution < -0.4 is 5.32 Å². The van der Waals surface area contributed by atoms with Crippen LogP contribution in [0.3, 0.4) is 0 Å². The molecule has 4 aromatic rings. The molecule has 7 heteroatoms. The Morgan fingerprint density at radius 3 is 2.52 bits per heavy atom. The zero-order valence-corrected chi connectivity index (χ0v) is 22.3. The maximum absolute atomic E-state index is 13.9. The van der Waals surface area contributed by atoms with Crippen LogP contribution >= 0.6 is 0 Å². The Bertz CT molecular complexity index is 1550. The number of hydrogen-bond donors (Lipinski definition) is 2. The van der Waals surface area contributed by atoms with Crippen LogP contribution in [0.5, 0.6) is 0 Å². The molecule has 5 rings (SSSR count). The van der Waals surface area contributed by atoms with Crippen LogP contribution in [0.25, 0.3) is 11.1 Å². The summed E-state index contributed by atoms with van der Waals surface area (Å²) in [5.41, 5.74) is 3.31. The summed E-state index contributed by atoms with van der Waals surface area (Å²) in [7, 11) is 0. The molecule has 0 bridgehead atoms. The first kappa shape index (κ1) is 26.9. The average molecular weight is 534 g/mol. The van der Waals surface area contributed by atoms with E-state index >= 15 is 0 Å². The summed E-state index contributed by atoms with van der Waals surface area (Å²) < 4.78 is 5.86. The van der Waals surface area contributed by atoms with Gasteiger partial charge in [-0.15, -0.1) is 0 Å². The third kappa shape index (κ3) is 5.83. The summed E-state index contributed by atoms with van der Waals surface area (Å²) in [5, 5.41) is 22.6. The fraction of sp³-hybridized carbons (Fsp3) is 0.242. The Balaban J connectivity index is 1.50. The zero-order valence-electron chi connectivity index (χ0n) is 22.3. The van der Waals surface area contributed by atoms with Gasteiger partial charge in [-0.25, -0.2) is 0 Å². The number of aryl methyl sites for hydroxylation is 1. The lowest BCUT2D eigenvalue weighted by atomic mass is 9.95. The van der Waals surface area contributed by atoms with Gasteiger partial charge in [-0.1, -0.05) is 48.5 Å². The predicted molar refractivity (Wildman–Crippen MR) is 152 cm³/mol. The van der Waals surface area contributed by atoms with Crippen molar-refractivity contribution in [3.63, 3.8) is 0 Å². The Hall–Kier alpha value is -4.67. The van der Waals surface area contributed by atoms with Crippen LogP contribution in [0.15, 0.2) is 89.3 Å². The van der Waals surface area contributed by atoms with E-state index in [2.05, 4.69) is 11.4 Å². The summed E-state index contributed by atoms with van der Waals surface area (Å²) in [6.07, 6.45) is 2.10. The first-order chi connectivity index (χ1) is 19.5. The van der Waals surface area contributed by atoms with E-state index in [0.717, 1.165) is 29.9 Å². The SMILES string of the molecule is Cc1ccc(C2CCCN2C(=O)c2cc(C(=O)N[C@H](CO)Cc3ccccc3)cc(-c3ccccc3C#N)c2)o1. The molecule has 2 N–H and O–H groups in total. The molecule has 1 fully saturated rings. The topological polar surface area (TPSA) is 107 Å². The molecule has 0 spiro atoms. The molecule has 0 radical (unpaired) electrons. The Morgan fingerprint density at radius 1 is 1.05 bits per heavy atom. The highest BCUT2D eigenvalue weighted by Gasteiger charge is 2.33. The minimum Gasteiger partial charge on any atom is -0.464 e. The Kier molecular flexibility index (Phi) is 8.09. The summed E-state index contributed by atoms with van der Waals surface area (Å²) in [6.45, 7) is 2.22. The summed E-state index contributed by atoms with van der Waals surface area (Å²) in [4.78, 5) is 29.2. The van der Waals surface area contributed by atoms with Crippen molar-refractivity contribution in [3.8, 4) is 17.2 Å². The molecule has 1 aromatic heterocycles. The molecule has 2 amide bonds. The molecule has 1 unspecified atom stereocenters. The maximum Gasteiger partial charge on any atom is 0.254 e. The maximum atomic E-state index is 13.9. The normalized spacial score (nSPS) is 15.4. The molecule has 0 saturated carbocycles. The molecular formula is C33H31N3O4. The predicted octanol–water partition coefficient (Wildman–Crippen LogP) is 5.44. The number of carbonyl (C=O) groups is 2. The molecule has 40 heavy (non-hydrogen) atoms. The Labute approximate surface area is 233 Å². The monoisotopic (exact) mass is 533 g/mol. The van der Waals surface area contributed by atoms with E-state index in [1.165, 1.54) is 0 Å². The van der Waals surface area contributed by atoms with E-state index in [1.807, 2.05) is 55.5 Å². The number of benzene rings is 3. The van der Waals surface area contributed by atoms with Gasteiger partial charge in [0.25, 0.3) is 11.8 Å². The number of nitriles is 1. The van der Waals surface area contributed by atoms with Crippen molar-refractivity contribution in [3.05, 3.63) is 119 Å². The molecule has 3 aromatic carbocycles. The summed E-state index contributed by atoms with van der Waals surface area (Å²) in [5.74, 6) is 0.932. The first-order valence-corrected chi connectivity index (χ1v) is 13.4. The summed E-state index contributed by atoms with van der Waals surface area (Å²) >= 11 is 0. The van der Waals surface area contributed by atoms with Gasteiger partial charge in [-0.05, 0) is 79.3 Å². The highest BCUT2D eigenvalue weighted by atomic mass is 16.3. The van der Waals surface area contributed by atoms with Crippen molar-refractivity contribution in [1.82, 2.24) is 10.2 Å². The Morgan fingerprint density at radius 2 is 1.80 bits per heavy atom. The lowest BCUT2D eigenvalue weighted by Crippen LogP contribution is -2.39. The number of aliphatic hydroxyl groups excluding tert-OH is 1. The number of carbonyl (C=O) groups excluding carboxylic acids is 2. The van der Waals surface area contributed by atoms with Gasteiger partial charge in [0.15, 0.2) is 0 Å². The molecule has 7 nitrogen and oxygen atoms in total. The zero-order chi connectivity index (χ0) is 28.1. The number of nitrogens with one attached hydrogen (secondary N) is 1. The number of hydrogen-bond acceptors (Lipinski definition) is 5. The van der Waals surface area contributed by atoms with Gasteiger partial charge in [-0.2, -0.15) is 5.26 Å². The molecule has 1 aliphatic heterocycles. The third-order valence-electron chi connectivity index (χ3n) is 7.28. The van der Waals surface area contributed by atoms with E-state index in [4.69, 9.17) is 4.42 Å². The van der Waals surface area contributed by atoms with E-state index in [9.17, 15) is 20.0 Å². The van der Waals surface area contributed by atoms with Gasteiger partial charge in [0, 0.05) is 17.7 Å². The van der Waals surface area contributed by atoms with Crippen LogP contribution in [-0.4, -0.2) is 41.0 Å². The lowest BCUT2D eigenvalue weighted by molar-refractivity contribution is 0.0719. The van der Waals surface area contributed by atoms with Crippen molar-refractivity contribution in [2.24, 2.45) is 0 Å². The van der Waals surface area contributed by atoms with Crippen molar-refractivity contribution >= 4 is 11.8 Å². The molecule has 202 valence electrons.